The van der Waals surface area contributed by atoms with Gasteiger partial charge in [0.2, 0.25) is 0 Å². The molecule has 0 aromatic heterocycles. The first kappa shape index (κ1) is 24.6. The van der Waals surface area contributed by atoms with E-state index in [2.05, 4.69) is 47.8 Å². The first-order valence-corrected chi connectivity index (χ1v) is 11.9. The number of nitrogens with one attached hydrogen (secondary N) is 1. The van der Waals surface area contributed by atoms with Crippen LogP contribution in [-0.4, -0.2) is 41.4 Å². The highest BCUT2D eigenvalue weighted by Gasteiger charge is 2.49. The number of ether oxygens (including phenoxy) is 2. The summed E-state index contributed by atoms with van der Waals surface area (Å²) >= 11 is 0. The quantitative estimate of drug-likeness (QED) is 0.472. The largest absolute Gasteiger partial charge is 0.444 e. The zero-order valence-electron chi connectivity index (χ0n) is 21.3. The molecular formula is C29H34N2O4. The topological polar surface area (TPSA) is 67.9 Å². The van der Waals surface area contributed by atoms with E-state index in [4.69, 9.17) is 9.47 Å². The maximum absolute atomic E-state index is 12.8. The zero-order valence-corrected chi connectivity index (χ0v) is 21.3. The molecule has 0 bridgehead atoms. The molecule has 0 aliphatic carbocycles. The number of carbonyl (C=O) groups is 2. The fourth-order valence-corrected chi connectivity index (χ4v) is 4.26. The molecule has 0 radical (unpaired) electrons. The van der Waals surface area contributed by atoms with Crippen molar-refractivity contribution in [1.29, 1.82) is 0 Å². The molecule has 3 aromatic carbocycles. The van der Waals surface area contributed by atoms with E-state index in [1.165, 1.54) is 5.39 Å². The normalized spacial score (nSPS) is 15.3. The Balaban J connectivity index is 1.64. The second kappa shape index (κ2) is 8.91. The number of nitrogens with zero attached hydrogens (tertiary/aromatic N) is 1. The van der Waals surface area contributed by atoms with E-state index in [0.29, 0.717) is 13.1 Å². The van der Waals surface area contributed by atoms with E-state index >= 15 is 0 Å². The Morgan fingerprint density at radius 2 is 1.40 bits per heavy atom. The first-order chi connectivity index (χ1) is 16.3. The van der Waals surface area contributed by atoms with Gasteiger partial charge in [-0.2, -0.15) is 0 Å². The summed E-state index contributed by atoms with van der Waals surface area (Å²) in [5, 5.41) is 5.39. The minimum absolute atomic E-state index is 0.294. The SMILES string of the molecule is CC(C)(C)OC(=O)NC1(c2cccc(-c3ccc4ccccc4c3)c2)CN(C(=O)OC(C)(C)C)C1. The van der Waals surface area contributed by atoms with Gasteiger partial charge in [-0.15, -0.1) is 0 Å². The van der Waals surface area contributed by atoms with Crippen molar-refractivity contribution in [3.05, 3.63) is 72.3 Å². The number of amides is 2. The molecular weight excluding hydrogens is 440 g/mol. The van der Waals surface area contributed by atoms with Gasteiger partial charge in [-0.05, 0) is 81.1 Å². The van der Waals surface area contributed by atoms with Gasteiger partial charge in [0.05, 0.1) is 13.1 Å². The molecule has 2 amide bonds. The molecule has 1 aliphatic rings. The minimum Gasteiger partial charge on any atom is -0.444 e. The Bertz CT molecular complexity index is 1250. The monoisotopic (exact) mass is 474 g/mol. The van der Waals surface area contributed by atoms with Crippen molar-refractivity contribution in [2.75, 3.05) is 13.1 Å². The lowest BCUT2D eigenvalue weighted by Gasteiger charge is -2.50. The van der Waals surface area contributed by atoms with E-state index in [0.717, 1.165) is 22.1 Å². The van der Waals surface area contributed by atoms with Crippen LogP contribution in [0.25, 0.3) is 21.9 Å². The minimum atomic E-state index is -0.772. The van der Waals surface area contributed by atoms with Crippen molar-refractivity contribution in [3.63, 3.8) is 0 Å². The lowest BCUT2D eigenvalue weighted by atomic mass is 9.81. The number of hydrogen-bond donors (Lipinski definition) is 1. The van der Waals surface area contributed by atoms with Crippen molar-refractivity contribution in [3.8, 4) is 11.1 Å². The number of benzene rings is 3. The number of alkyl carbamates (subject to hydrolysis) is 1. The summed E-state index contributed by atoms with van der Waals surface area (Å²) < 4.78 is 11.1. The van der Waals surface area contributed by atoms with Crippen LogP contribution in [0.4, 0.5) is 9.59 Å². The van der Waals surface area contributed by atoms with Crippen LogP contribution in [0.3, 0.4) is 0 Å². The average molecular weight is 475 g/mol. The maximum Gasteiger partial charge on any atom is 0.410 e. The van der Waals surface area contributed by atoms with Crippen molar-refractivity contribution < 1.29 is 19.1 Å². The predicted octanol–water partition coefficient (Wildman–Crippen LogP) is 6.48. The lowest BCUT2D eigenvalue weighted by molar-refractivity contribution is -0.0229. The van der Waals surface area contributed by atoms with E-state index in [1.807, 2.05) is 65.8 Å². The summed E-state index contributed by atoms with van der Waals surface area (Å²) in [4.78, 5) is 27.0. The van der Waals surface area contributed by atoms with E-state index in [-0.39, 0.29) is 0 Å². The average Bonchev–Trinajstić information content (AvgIpc) is 2.73. The molecule has 1 aliphatic heterocycles. The number of fused-ring (bicyclic) bond motifs is 1. The summed E-state index contributed by atoms with van der Waals surface area (Å²) in [7, 11) is 0. The van der Waals surface area contributed by atoms with Crippen LogP contribution in [0, 0.1) is 0 Å². The molecule has 0 unspecified atom stereocenters. The molecule has 1 saturated heterocycles. The number of hydrogen-bond acceptors (Lipinski definition) is 4. The molecule has 6 heteroatoms. The highest BCUT2D eigenvalue weighted by Crippen LogP contribution is 2.36. The summed E-state index contributed by atoms with van der Waals surface area (Å²) in [6.45, 7) is 11.6. The molecule has 1 heterocycles. The number of likely N-dealkylation sites (tertiary alicyclic amines) is 1. The fourth-order valence-electron chi connectivity index (χ4n) is 4.26. The predicted molar refractivity (Wildman–Crippen MR) is 138 cm³/mol. The van der Waals surface area contributed by atoms with Crippen LogP contribution in [-0.2, 0) is 15.0 Å². The third-order valence-electron chi connectivity index (χ3n) is 5.81. The Morgan fingerprint density at radius 1 is 0.771 bits per heavy atom. The molecule has 4 rings (SSSR count). The Hall–Kier alpha value is -3.54. The summed E-state index contributed by atoms with van der Waals surface area (Å²) in [6.07, 6.45) is -0.915. The third kappa shape index (κ3) is 5.76. The van der Waals surface area contributed by atoms with Crippen LogP contribution in [0.1, 0.15) is 47.1 Å². The molecule has 184 valence electrons. The van der Waals surface area contributed by atoms with Crippen LogP contribution in [0.2, 0.25) is 0 Å². The first-order valence-electron chi connectivity index (χ1n) is 11.9. The van der Waals surface area contributed by atoms with Crippen molar-refractivity contribution in [2.24, 2.45) is 0 Å². The van der Waals surface area contributed by atoms with Gasteiger partial charge in [0, 0.05) is 0 Å². The smallest absolute Gasteiger partial charge is 0.410 e. The van der Waals surface area contributed by atoms with E-state index in [9.17, 15) is 9.59 Å². The zero-order chi connectivity index (χ0) is 25.4. The van der Waals surface area contributed by atoms with Gasteiger partial charge in [-0.25, -0.2) is 9.59 Å². The van der Waals surface area contributed by atoms with Crippen LogP contribution in [0.5, 0.6) is 0 Å². The molecule has 3 aromatic rings. The van der Waals surface area contributed by atoms with Crippen molar-refractivity contribution in [2.45, 2.75) is 58.3 Å². The van der Waals surface area contributed by atoms with Gasteiger partial charge < -0.3 is 19.7 Å². The number of rotatable bonds is 3. The van der Waals surface area contributed by atoms with Gasteiger partial charge in [0.15, 0.2) is 0 Å². The van der Waals surface area contributed by atoms with Gasteiger partial charge in [0.1, 0.15) is 16.7 Å². The Kier molecular flexibility index (Phi) is 6.26. The summed E-state index contributed by atoms with van der Waals surface area (Å²) in [5.74, 6) is 0. The third-order valence-corrected chi connectivity index (χ3v) is 5.81. The maximum atomic E-state index is 12.8. The molecule has 1 N–H and O–H groups in total. The van der Waals surface area contributed by atoms with Crippen LogP contribution in [0.15, 0.2) is 66.7 Å². The second-order valence-corrected chi connectivity index (χ2v) is 11.2. The lowest BCUT2D eigenvalue weighted by Crippen LogP contribution is -2.69. The molecule has 0 spiro atoms. The Labute approximate surface area is 207 Å². The van der Waals surface area contributed by atoms with E-state index in [1.54, 1.807) is 4.90 Å². The van der Waals surface area contributed by atoms with Gasteiger partial charge in [-0.1, -0.05) is 54.6 Å². The van der Waals surface area contributed by atoms with E-state index < -0.39 is 28.9 Å². The molecule has 6 nitrogen and oxygen atoms in total. The molecule has 1 fully saturated rings. The summed E-state index contributed by atoms with van der Waals surface area (Å²) in [6, 6.07) is 22.7. The molecule has 0 atom stereocenters. The Morgan fingerprint density at radius 3 is 2.06 bits per heavy atom. The standard InChI is InChI=1S/C29H34N2O4/c1-27(2,3)34-25(32)30-29(18-31(19-29)26(33)35-28(4,5)6)24-13-9-12-22(17-24)23-15-14-20-10-7-8-11-21(20)16-23/h7-17H,18-19H2,1-6H3,(H,30,32). The molecule has 0 saturated carbocycles. The fraction of sp³-hybridized carbons (Fsp3) is 0.379. The molecule has 35 heavy (non-hydrogen) atoms. The van der Waals surface area contributed by atoms with Crippen LogP contribution >= 0.6 is 0 Å². The van der Waals surface area contributed by atoms with Gasteiger partial charge in [-0.3, -0.25) is 0 Å². The van der Waals surface area contributed by atoms with Crippen LogP contribution < -0.4 is 5.32 Å². The highest BCUT2D eigenvalue weighted by molar-refractivity contribution is 5.87. The van der Waals surface area contributed by atoms with Gasteiger partial charge in [0.25, 0.3) is 0 Å². The summed E-state index contributed by atoms with van der Waals surface area (Å²) in [5.41, 5.74) is 1.03. The van der Waals surface area contributed by atoms with Crippen molar-refractivity contribution in [1.82, 2.24) is 10.2 Å². The number of carbonyl (C=O) groups excluding carboxylic acids is 2. The highest BCUT2D eigenvalue weighted by atomic mass is 16.6. The second-order valence-electron chi connectivity index (χ2n) is 11.2. The van der Waals surface area contributed by atoms with Gasteiger partial charge >= 0.3 is 12.2 Å². The van der Waals surface area contributed by atoms with Crippen molar-refractivity contribution >= 4 is 23.0 Å².